The lowest BCUT2D eigenvalue weighted by Gasteiger charge is -2.21. The predicted octanol–water partition coefficient (Wildman–Crippen LogP) is 1.34. The molecule has 0 saturated heterocycles. The lowest BCUT2D eigenvalue weighted by molar-refractivity contribution is -0.142. The molecule has 3 N–H and O–H groups in total. The fourth-order valence-electron chi connectivity index (χ4n) is 1.42. The maximum atomic E-state index is 11.0. The van der Waals surface area contributed by atoms with Crippen molar-refractivity contribution < 1.29 is 14.7 Å². The highest BCUT2D eigenvalue weighted by Crippen LogP contribution is 2.19. The molecule has 0 aliphatic rings. The molecule has 1 aromatic carbocycles. The van der Waals surface area contributed by atoms with Crippen LogP contribution in [0.1, 0.15) is 22.8 Å². The summed E-state index contributed by atoms with van der Waals surface area (Å²) in [5, 5.41) is 9.28. The molecule has 18 heavy (non-hydrogen) atoms. The summed E-state index contributed by atoms with van der Waals surface area (Å²) in [6.07, 6.45) is 0. The smallest absolute Gasteiger partial charge is 0.320 e. The van der Waals surface area contributed by atoms with Crippen LogP contribution in [0.5, 0.6) is 0 Å². The van der Waals surface area contributed by atoms with Crippen LogP contribution in [0, 0.1) is 0 Å². The van der Waals surface area contributed by atoms with Crippen LogP contribution >= 0.6 is 11.6 Å². The van der Waals surface area contributed by atoms with Gasteiger partial charge in [-0.1, -0.05) is 17.7 Å². The number of amides is 1. The van der Waals surface area contributed by atoms with Gasteiger partial charge in [0.15, 0.2) is 0 Å². The van der Waals surface area contributed by atoms with Gasteiger partial charge in [-0.2, -0.15) is 0 Å². The standard InChI is InChI=1S/C12H15ClN2O3/c1-7(12(17)18)15(2)6-9-4-3-8(11(14)16)5-10(9)13/h3-5,7H,6H2,1-2H3,(H2,14,16)(H,17,18). The van der Waals surface area contributed by atoms with Gasteiger partial charge in [-0.15, -0.1) is 0 Å². The summed E-state index contributed by atoms with van der Waals surface area (Å²) in [7, 11) is 1.69. The van der Waals surface area contributed by atoms with Gasteiger partial charge < -0.3 is 10.8 Å². The molecule has 0 fully saturated rings. The second kappa shape index (κ2) is 5.84. The summed E-state index contributed by atoms with van der Waals surface area (Å²) in [4.78, 5) is 23.4. The molecule has 1 atom stereocenters. The minimum atomic E-state index is -0.901. The van der Waals surface area contributed by atoms with Crippen molar-refractivity contribution >= 4 is 23.5 Å². The fourth-order valence-corrected chi connectivity index (χ4v) is 1.66. The van der Waals surface area contributed by atoms with Crippen LogP contribution in [0.15, 0.2) is 18.2 Å². The van der Waals surface area contributed by atoms with Crippen LogP contribution in [0.2, 0.25) is 5.02 Å². The number of carbonyl (C=O) groups excluding carboxylic acids is 1. The number of aliphatic carboxylic acids is 1. The minimum absolute atomic E-state index is 0.331. The zero-order chi connectivity index (χ0) is 13.9. The lowest BCUT2D eigenvalue weighted by Crippen LogP contribution is -2.35. The van der Waals surface area contributed by atoms with Gasteiger partial charge in [-0.3, -0.25) is 14.5 Å². The Morgan fingerprint density at radius 1 is 1.50 bits per heavy atom. The van der Waals surface area contributed by atoms with Crippen LogP contribution < -0.4 is 5.73 Å². The number of carbonyl (C=O) groups is 2. The first-order valence-corrected chi connectivity index (χ1v) is 5.72. The normalized spacial score (nSPS) is 12.4. The molecule has 0 radical (unpaired) electrons. The van der Waals surface area contributed by atoms with Crippen molar-refractivity contribution in [2.75, 3.05) is 7.05 Å². The highest BCUT2D eigenvalue weighted by atomic mass is 35.5. The number of carboxylic acid groups (broad SMARTS) is 1. The summed E-state index contributed by atoms with van der Waals surface area (Å²) in [6, 6.07) is 4.12. The van der Waals surface area contributed by atoms with E-state index < -0.39 is 17.9 Å². The Morgan fingerprint density at radius 2 is 2.11 bits per heavy atom. The number of rotatable bonds is 5. The number of nitrogens with zero attached hydrogens (tertiary/aromatic N) is 1. The number of halogens is 1. The number of hydrogen-bond donors (Lipinski definition) is 2. The molecular weight excluding hydrogens is 256 g/mol. The Morgan fingerprint density at radius 3 is 2.56 bits per heavy atom. The van der Waals surface area contributed by atoms with E-state index in [9.17, 15) is 9.59 Å². The Balaban J connectivity index is 2.86. The average Bonchev–Trinajstić information content (AvgIpc) is 2.30. The van der Waals surface area contributed by atoms with Crippen molar-refractivity contribution in [1.82, 2.24) is 4.90 Å². The molecule has 1 amide bonds. The summed E-state index contributed by atoms with van der Waals surface area (Å²) < 4.78 is 0. The maximum absolute atomic E-state index is 11.0. The van der Waals surface area contributed by atoms with Crippen LogP contribution in [-0.2, 0) is 11.3 Å². The predicted molar refractivity (Wildman–Crippen MR) is 68.5 cm³/mol. The highest BCUT2D eigenvalue weighted by molar-refractivity contribution is 6.31. The first-order valence-electron chi connectivity index (χ1n) is 5.34. The molecule has 1 unspecified atom stereocenters. The molecule has 0 aliphatic carbocycles. The van der Waals surface area contributed by atoms with E-state index in [1.807, 2.05) is 0 Å². The van der Waals surface area contributed by atoms with Crippen molar-refractivity contribution in [1.29, 1.82) is 0 Å². The zero-order valence-corrected chi connectivity index (χ0v) is 10.9. The lowest BCUT2D eigenvalue weighted by atomic mass is 10.1. The van der Waals surface area contributed by atoms with Crippen LogP contribution in [0.25, 0.3) is 0 Å². The van der Waals surface area contributed by atoms with Gasteiger partial charge in [0.05, 0.1) is 0 Å². The van der Waals surface area contributed by atoms with Gasteiger partial charge in [0, 0.05) is 17.1 Å². The van der Waals surface area contributed by atoms with Gasteiger partial charge in [0.25, 0.3) is 0 Å². The van der Waals surface area contributed by atoms with Gasteiger partial charge in [0.2, 0.25) is 5.91 Å². The third-order valence-electron chi connectivity index (χ3n) is 2.78. The number of benzene rings is 1. The number of primary amides is 1. The Bertz CT molecular complexity index is 476. The van der Waals surface area contributed by atoms with Gasteiger partial charge >= 0.3 is 5.97 Å². The molecular formula is C12H15ClN2O3. The molecule has 5 nitrogen and oxygen atoms in total. The first kappa shape index (κ1) is 14.5. The van der Waals surface area contributed by atoms with Crippen molar-refractivity contribution in [3.8, 4) is 0 Å². The monoisotopic (exact) mass is 270 g/mol. The number of hydrogen-bond acceptors (Lipinski definition) is 3. The third kappa shape index (κ3) is 3.45. The third-order valence-corrected chi connectivity index (χ3v) is 3.13. The molecule has 0 aromatic heterocycles. The molecule has 1 rings (SSSR count). The molecule has 0 aliphatic heterocycles. The van der Waals surface area contributed by atoms with E-state index in [-0.39, 0.29) is 0 Å². The number of likely N-dealkylation sites (N-methyl/N-ethyl adjacent to an activating group) is 1. The largest absolute Gasteiger partial charge is 0.480 e. The quantitative estimate of drug-likeness (QED) is 0.846. The van der Waals surface area contributed by atoms with E-state index in [4.69, 9.17) is 22.4 Å². The van der Waals surface area contributed by atoms with Crippen molar-refractivity contribution in [3.63, 3.8) is 0 Å². The molecule has 0 spiro atoms. The van der Waals surface area contributed by atoms with E-state index >= 15 is 0 Å². The Hall–Kier alpha value is -1.59. The van der Waals surface area contributed by atoms with Crippen molar-refractivity contribution in [2.45, 2.75) is 19.5 Å². The molecule has 6 heteroatoms. The Kier molecular flexibility index (Phi) is 4.69. The van der Waals surface area contributed by atoms with E-state index in [2.05, 4.69) is 0 Å². The van der Waals surface area contributed by atoms with Crippen molar-refractivity contribution in [3.05, 3.63) is 34.3 Å². The maximum Gasteiger partial charge on any atom is 0.320 e. The average molecular weight is 271 g/mol. The molecule has 1 aromatic rings. The second-order valence-corrected chi connectivity index (χ2v) is 4.51. The topological polar surface area (TPSA) is 83.6 Å². The van der Waals surface area contributed by atoms with E-state index in [0.29, 0.717) is 17.1 Å². The summed E-state index contributed by atoms with van der Waals surface area (Å²) in [5.74, 6) is -1.45. The zero-order valence-electron chi connectivity index (χ0n) is 10.2. The van der Waals surface area contributed by atoms with Crippen LogP contribution in [0.4, 0.5) is 0 Å². The molecule has 0 bridgehead atoms. The number of nitrogens with two attached hydrogens (primary N) is 1. The molecule has 98 valence electrons. The summed E-state index contributed by atoms with van der Waals surface area (Å²) in [5.41, 5.74) is 6.21. The van der Waals surface area contributed by atoms with Gasteiger partial charge in [-0.25, -0.2) is 0 Å². The fraction of sp³-hybridized carbons (Fsp3) is 0.333. The van der Waals surface area contributed by atoms with Crippen molar-refractivity contribution in [2.24, 2.45) is 5.73 Å². The number of carboxylic acids is 1. The van der Waals surface area contributed by atoms with Crippen LogP contribution in [-0.4, -0.2) is 35.0 Å². The molecule has 0 heterocycles. The van der Waals surface area contributed by atoms with E-state index in [0.717, 1.165) is 5.56 Å². The van der Waals surface area contributed by atoms with Gasteiger partial charge in [0.1, 0.15) is 6.04 Å². The SMILES string of the molecule is CC(C(=O)O)N(C)Cc1ccc(C(N)=O)cc1Cl. The van der Waals surface area contributed by atoms with Gasteiger partial charge in [-0.05, 0) is 31.7 Å². The minimum Gasteiger partial charge on any atom is -0.480 e. The van der Waals surface area contributed by atoms with E-state index in [1.165, 1.54) is 6.07 Å². The first-order chi connectivity index (χ1) is 8.32. The van der Waals surface area contributed by atoms with Crippen LogP contribution in [0.3, 0.4) is 0 Å². The van der Waals surface area contributed by atoms with E-state index in [1.54, 1.807) is 31.0 Å². The second-order valence-electron chi connectivity index (χ2n) is 4.10. The molecule has 0 saturated carbocycles. The Labute approximate surface area is 110 Å². The highest BCUT2D eigenvalue weighted by Gasteiger charge is 2.17. The summed E-state index contributed by atoms with van der Waals surface area (Å²) >= 11 is 6.02. The summed E-state index contributed by atoms with van der Waals surface area (Å²) in [6.45, 7) is 1.97.